The van der Waals surface area contributed by atoms with Gasteiger partial charge in [0.1, 0.15) is 0 Å². The van der Waals surface area contributed by atoms with Crippen LogP contribution in [0.15, 0.2) is 23.1 Å². The largest absolute Gasteiger partial charge is 0.345 e. The van der Waals surface area contributed by atoms with E-state index in [4.69, 9.17) is 4.98 Å². The number of hydrogen-bond donors (Lipinski definition) is 1. The van der Waals surface area contributed by atoms with Crippen molar-refractivity contribution >= 4 is 44.5 Å². The van der Waals surface area contributed by atoms with Crippen molar-refractivity contribution in [1.82, 2.24) is 15.2 Å². The lowest BCUT2D eigenvalue weighted by atomic mass is 10.1. The van der Waals surface area contributed by atoms with E-state index in [9.17, 15) is 4.79 Å². The van der Waals surface area contributed by atoms with E-state index in [0.717, 1.165) is 36.8 Å². The van der Waals surface area contributed by atoms with E-state index in [1.165, 1.54) is 9.60 Å². The minimum absolute atomic E-state index is 0.0242. The number of anilines is 1. The zero-order chi connectivity index (χ0) is 17.3. The molecule has 0 saturated carbocycles. The molecule has 2 heterocycles. The molecule has 24 heavy (non-hydrogen) atoms. The first kappa shape index (κ1) is 17.4. The smallest absolute Gasteiger partial charge is 0.317 e. The highest BCUT2D eigenvalue weighted by Gasteiger charge is 2.25. The third-order valence-corrected chi connectivity index (χ3v) is 5.76. The summed E-state index contributed by atoms with van der Waals surface area (Å²) in [4.78, 5) is 22.5. The zero-order valence-corrected chi connectivity index (χ0v) is 16.3. The number of nitrogens with one attached hydrogen (secondary N) is 1. The van der Waals surface area contributed by atoms with Gasteiger partial charge in [0.15, 0.2) is 5.13 Å². The molecule has 1 N–H and O–H groups in total. The van der Waals surface area contributed by atoms with Crippen LogP contribution in [0.5, 0.6) is 0 Å². The first-order chi connectivity index (χ1) is 11.4. The summed E-state index contributed by atoms with van der Waals surface area (Å²) in [6.07, 6.45) is 2.08. The molecular weight excluding hydrogens is 340 g/mol. The number of benzene rings is 1. The lowest BCUT2D eigenvalue weighted by Gasteiger charge is -2.36. The van der Waals surface area contributed by atoms with Crippen LogP contribution in [-0.4, -0.2) is 53.9 Å². The van der Waals surface area contributed by atoms with Crippen LogP contribution in [0.1, 0.15) is 20.8 Å². The van der Waals surface area contributed by atoms with Crippen LogP contribution in [0.4, 0.5) is 9.93 Å². The van der Waals surface area contributed by atoms with Gasteiger partial charge in [0.2, 0.25) is 0 Å². The Hall–Kier alpha value is -1.47. The monoisotopic (exact) mass is 364 g/mol. The molecule has 2 amide bonds. The first-order valence-corrected chi connectivity index (χ1v) is 10.2. The first-order valence-electron chi connectivity index (χ1n) is 8.13. The standard InChI is InChI=1S/C17H24N4OS2/c1-17(2,3)19-15(22)20-8-10-21(11-9-20)16-18-14-12(23-4)6-5-7-13(14)24-16/h5-7H,8-11H2,1-4H3,(H,19,22). The van der Waals surface area contributed by atoms with Crippen molar-refractivity contribution in [1.29, 1.82) is 0 Å². The van der Waals surface area contributed by atoms with Crippen molar-refractivity contribution in [2.75, 3.05) is 37.3 Å². The van der Waals surface area contributed by atoms with Gasteiger partial charge < -0.3 is 15.1 Å². The van der Waals surface area contributed by atoms with Crippen molar-refractivity contribution in [2.24, 2.45) is 0 Å². The summed E-state index contributed by atoms with van der Waals surface area (Å²) in [6.45, 7) is 9.13. The van der Waals surface area contributed by atoms with E-state index in [0.29, 0.717) is 0 Å². The third-order valence-electron chi connectivity index (χ3n) is 3.91. The molecule has 7 heteroatoms. The molecule has 1 aromatic heterocycles. The average Bonchev–Trinajstić information content (AvgIpc) is 2.97. The Morgan fingerprint density at radius 2 is 1.96 bits per heavy atom. The quantitative estimate of drug-likeness (QED) is 0.827. The van der Waals surface area contributed by atoms with Crippen molar-refractivity contribution < 1.29 is 4.79 Å². The van der Waals surface area contributed by atoms with E-state index in [1.807, 2.05) is 25.7 Å². The summed E-state index contributed by atoms with van der Waals surface area (Å²) in [5.41, 5.74) is 0.896. The van der Waals surface area contributed by atoms with Crippen LogP contribution in [0, 0.1) is 0 Å². The fraction of sp³-hybridized carbons (Fsp3) is 0.529. The fourth-order valence-electron chi connectivity index (χ4n) is 2.71. The molecule has 0 bridgehead atoms. The minimum atomic E-state index is -0.199. The Kier molecular flexibility index (Phi) is 4.92. The van der Waals surface area contributed by atoms with Gasteiger partial charge in [-0.05, 0) is 39.2 Å². The van der Waals surface area contributed by atoms with E-state index < -0.39 is 0 Å². The molecule has 1 aromatic carbocycles. The molecule has 2 aromatic rings. The number of thiazole rings is 1. The van der Waals surface area contributed by atoms with E-state index in [1.54, 1.807) is 23.1 Å². The van der Waals surface area contributed by atoms with Crippen molar-refractivity contribution in [3.63, 3.8) is 0 Å². The lowest BCUT2D eigenvalue weighted by Crippen LogP contribution is -2.55. The number of carbonyl (C=O) groups excluding carboxylic acids is 1. The van der Waals surface area contributed by atoms with Crippen LogP contribution in [0.25, 0.3) is 10.2 Å². The number of nitrogens with zero attached hydrogens (tertiary/aromatic N) is 3. The van der Waals surface area contributed by atoms with Gasteiger partial charge in [0.05, 0.1) is 10.2 Å². The molecule has 1 aliphatic rings. The molecule has 1 fully saturated rings. The number of para-hydroxylation sites is 1. The van der Waals surface area contributed by atoms with E-state index >= 15 is 0 Å². The Bertz CT molecular complexity index is 730. The van der Waals surface area contributed by atoms with Gasteiger partial charge in [0.25, 0.3) is 0 Å². The molecule has 0 atom stereocenters. The summed E-state index contributed by atoms with van der Waals surface area (Å²) in [7, 11) is 0. The van der Waals surface area contributed by atoms with Gasteiger partial charge in [-0.25, -0.2) is 9.78 Å². The fourth-order valence-corrected chi connectivity index (χ4v) is 4.38. The molecule has 0 unspecified atom stereocenters. The van der Waals surface area contributed by atoms with E-state index in [-0.39, 0.29) is 11.6 Å². The van der Waals surface area contributed by atoms with Crippen LogP contribution in [-0.2, 0) is 0 Å². The molecular formula is C17H24N4OS2. The summed E-state index contributed by atoms with van der Waals surface area (Å²) in [5.74, 6) is 0. The second kappa shape index (κ2) is 6.80. The average molecular weight is 365 g/mol. The molecule has 3 rings (SSSR count). The molecule has 1 aliphatic heterocycles. The molecule has 0 aliphatic carbocycles. The van der Waals surface area contributed by atoms with Crippen LogP contribution < -0.4 is 10.2 Å². The lowest BCUT2D eigenvalue weighted by molar-refractivity contribution is 0.185. The maximum absolute atomic E-state index is 12.3. The highest BCUT2D eigenvalue weighted by Crippen LogP contribution is 2.34. The minimum Gasteiger partial charge on any atom is -0.345 e. The van der Waals surface area contributed by atoms with Crippen molar-refractivity contribution in [3.8, 4) is 0 Å². The van der Waals surface area contributed by atoms with Crippen LogP contribution in [0.2, 0.25) is 0 Å². The Labute approximate surface area is 151 Å². The Morgan fingerprint density at radius 3 is 2.58 bits per heavy atom. The number of amides is 2. The van der Waals surface area contributed by atoms with Crippen molar-refractivity contribution in [3.05, 3.63) is 18.2 Å². The van der Waals surface area contributed by atoms with Gasteiger partial charge >= 0.3 is 6.03 Å². The summed E-state index contributed by atoms with van der Waals surface area (Å²) in [6, 6.07) is 6.36. The third kappa shape index (κ3) is 3.78. The van der Waals surface area contributed by atoms with Crippen molar-refractivity contribution in [2.45, 2.75) is 31.2 Å². The van der Waals surface area contributed by atoms with Gasteiger partial charge in [-0.1, -0.05) is 17.4 Å². The van der Waals surface area contributed by atoms with Gasteiger partial charge in [-0.3, -0.25) is 0 Å². The number of hydrogen-bond acceptors (Lipinski definition) is 5. The number of rotatable bonds is 2. The second-order valence-corrected chi connectivity index (χ2v) is 8.81. The van der Waals surface area contributed by atoms with Gasteiger partial charge in [-0.15, -0.1) is 11.8 Å². The summed E-state index contributed by atoms with van der Waals surface area (Å²) in [5, 5.41) is 4.09. The molecule has 0 spiro atoms. The van der Waals surface area contributed by atoms with Gasteiger partial charge in [-0.2, -0.15) is 0 Å². The number of aromatic nitrogens is 1. The predicted octanol–water partition coefficient (Wildman–Crippen LogP) is 3.65. The number of fused-ring (bicyclic) bond motifs is 1. The Balaban J connectivity index is 1.68. The summed E-state index contributed by atoms with van der Waals surface area (Å²) < 4.78 is 1.23. The molecule has 5 nitrogen and oxygen atoms in total. The Morgan fingerprint density at radius 1 is 1.25 bits per heavy atom. The highest BCUT2D eigenvalue weighted by molar-refractivity contribution is 7.98. The number of urea groups is 1. The maximum Gasteiger partial charge on any atom is 0.317 e. The topological polar surface area (TPSA) is 48.5 Å². The number of carbonyl (C=O) groups is 1. The van der Waals surface area contributed by atoms with Crippen LogP contribution in [0.3, 0.4) is 0 Å². The molecule has 0 radical (unpaired) electrons. The highest BCUT2D eigenvalue weighted by atomic mass is 32.2. The van der Waals surface area contributed by atoms with E-state index in [2.05, 4.69) is 34.7 Å². The predicted molar refractivity (Wildman–Crippen MR) is 103 cm³/mol. The SMILES string of the molecule is CSc1cccc2sc(N3CCN(C(=O)NC(C)(C)C)CC3)nc12. The second-order valence-electron chi connectivity index (χ2n) is 6.96. The molecule has 1 saturated heterocycles. The van der Waals surface area contributed by atoms with Crippen LogP contribution >= 0.6 is 23.1 Å². The summed E-state index contributed by atoms with van der Waals surface area (Å²) >= 11 is 3.47. The molecule has 130 valence electrons. The number of piperazine rings is 1. The van der Waals surface area contributed by atoms with Gasteiger partial charge in [0, 0.05) is 36.6 Å². The normalized spacial score (nSPS) is 15.8. The maximum atomic E-state index is 12.3. The zero-order valence-electron chi connectivity index (χ0n) is 14.6. The number of thioether (sulfide) groups is 1.